The fraction of sp³-hybridized carbons (Fsp3) is 0.917. The van der Waals surface area contributed by atoms with Gasteiger partial charge in [0.2, 0.25) is 0 Å². The molecule has 1 aliphatic carbocycles. The molecule has 2 aliphatic rings. The molecule has 0 aromatic heterocycles. The quantitative estimate of drug-likeness (QED) is 0.676. The maximum atomic E-state index is 12.0. The number of nitrogens with zero attached hydrogens (tertiary/aromatic N) is 1. The number of likely N-dealkylation sites (tertiary alicyclic amines) is 1. The fourth-order valence-corrected chi connectivity index (χ4v) is 2.42. The van der Waals surface area contributed by atoms with Crippen molar-refractivity contribution in [3.8, 4) is 0 Å². The van der Waals surface area contributed by atoms with Gasteiger partial charge in [-0.2, -0.15) is 0 Å². The van der Waals surface area contributed by atoms with Crippen LogP contribution in [0.4, 0.5) is 4.79 Å². The Morgan fingerprint density at radius 2 is 2.00 bits per heavy atom. The second-order valence-corrected chi connectivity index (χ2v) is 6.29. The minimum Gasteiger partial charge on any atom is -0.444 e. The Balaban J connectivity index is 2.05. The van der Waals surface area contributed by atoms with Gasteiger partial charge in [-0.25, -0.2) is 4.79 Å². The standard InChI is InChI=1S/C12H21NO4/c1-11(2,3)17-10(16)13-7-12(4-5-12)6-8(13)9(14)15/h8-9,14-15H,4-7H2,1-3H3. The number of carbonyl (C=O) groups excluding carboxylic acids is 1. The lowest BCUT2D eigenvalue weighted by Crippen LogP contribution is -2.45. The Labute approximate surface area is 101 Å². The highest BCUT2D eigenvalue weighted by atomic mass is 16.6. The first-order valence-electron chi connectivity index (χ1n) is 6.08. The van der Waals surface area contributed by atoms with Crippen molar-refractivity contribution >= 4 is 6.09 Å². The van der Waals surface area contributed by atoms with Gasteiger partial charge in [0.15, 0.2) is 6.29 Å². The van der Waals surface area contributed by atoms with Gasteiger partial charge in [0.25, 0.3) is 0 Å². The molecule has 1 spiro atoms. The highest BCUT2D eigenvalue weighted by Gasteiger charge is 2.55. The van der Waals surface area contributed by atoms with Crippen LogP contribution in [0.2, 0.25) is 0 Å². The molecule has 1 saturated heterocycles. The summed E-state index contributed by atoms with van der Waals surface area (Å²) >= 11 is 0. The molecule has 2 N–H and O–H groups in total. The van der Waals surface area contributed by atoms with E-state index in [1.807, 2.05) is 0 Å². The molecule has 5 nitrogen and oxygen atoms in total. The van der Waals surface area contributed by atoms with E-state index >= 15 is 0 Å². The zero-order valence-electron chi connectivity index (χ0n) is 10.6. The molecule has 1 unspecified atom stereocenters. The van der Waals surface area contributed by atoms with Crippen LogP contribution in [0.25, 0.3) is 0 Å². The van der Waals surface area contributed by atoms with Gasteiger partial charge in [-0.15, -0.1) is 0 Å². The molecule has 0 radical (unpaired) electrons. The SMILES string of the molecule is CC(C)(C)OC(=O)N1CC2(CC2)CC1C(O)O. The maximum absolute atomic E-state index is 12.0. The second kappa shape index (κ2) is 3.85. The van der Waals surface area contributed by atoms with Crippen LogP contribution in [-0.4, -0.2) is 45.7 Å². The molecule has 2 fully saturated rings. The highest BCUT2D eigenvalue weighted by Crippen LogP contribution is 2.55. The van der Waals surface area contributed by atoms with Gasteiger partial charge < -0.3 is 14.9 Å². The fourth-order valence-electron chi connectivity index (χ4n) is 2.42. The second-order valence-electron chi connectivity index (χ2n) is 6.29. The predicted molar refractivity (Wildman–Crippen MR) is 61.2 cm³/mol. The smallest absolute Gasteiger partial charge is 0.410 e. The molecule has 0 aromatic rings. The van der Waals surface area contributed by atoms with Crippen LogP contribution in [0, 0.1) is 5.41 Å². The summed E-state index contributed by atoms with van der Waals surface area (Å²) < 4.78 is 5.29. The van der Waals surface area contributed by atoms with E-state index in [-0.39, 0.29) is 5.41 Å². The Morgan fingerprint density at radius 1 is 1.41 bits per heavy atom. The Bertz CT molecular complexity index is 317. The van der Waals surface area contributed by atoms with Crippen LogP contribution in [0.15, 0.2) is 0 Å². The summed E-state index contributed by atoms with van der Waals surface area (Å²) in [6.45, 7) is 6.00. The third-order valence-corrected chi connectivity index (χ3v) is 3.48. The molecule has 1 amide bonds. The molecule has 2 rings (SSSR count). The Morgan fingerprint density at radius 3 is 2.41 bits per heavy atom. The van der Waals surface area contributed by atoms with Crippen LogP contribution in [0.3, 0.4) is 0 Å². The molecule has 98 valence electrons. The summed E-state index contributed by atoms with van der Waals surface area (Å²) in [7, 11) is 0. The number of amides is 1. The molecule has 17 heavy (non-hydrogen) atoms. The van der Waals surface area contributed by atoms with Crippen molar-refractivity contribution in [1.82, 2.24) is 4.90 Å². The number of hydrogen-bond donors (Lipinski definition) is 2. The van der Waals surface area contributed by atoms with Crippen LogP contribution < -0.4 is 0 Å². The summed E-state index contributed by atoms with van der Waals surface area (Å²) in [5, 5.41) is 18.7. The average molecular weight is 243 g/mol. The number of ether oxygens (including phenoxy) is 1. The summed E-state index contributed by atoms with van der Waals surface area (Å²) in [6.07, 6.45) is 0.872. The first kappa shape index (κ1) is 12.6. The topological polar surface area (TPSA) is 70.0 Å². The summed E-state index contributed by atoms with van der Waals surface area (Å²) in [4.78, 5) is 13.4. The van der Waals surface area contributed by atoms with E-state index in [1.165, 1.54) is 4.90 Å². The van der Waals surface area contributed by atoms with Crippen LogP contribution in [0.1, 0.15) is 40.0 Å². The van der Waals surface area contributed by atoms with Crippen molar-refractivity contribution in [2.75, 3.05) is 6.54 Å². The molecule has 1 heterocycles. The maximum Gasteiger partial charge on any atom is 0.410 e. The van der Waals surface area contributed by atoms with Crippen molar-refractivity contribution in [3.63, 3.8) is 0 Å². The van der Waals surface area contributed by atoms with Crippen LogP contribution >= 0.6 is 0 Å². The molecule has 0 aromatic carbocycles. The van der Waals surface area contributed by atoms with Crippen LogP contribution in [-0.2, 0) is 4.74 Å². The lowest BCUT2D eigenvalue weighted by Gasteiger charge is -2.29. The number of hydrogen-bond acceptors (Lipinski definition) is 4. The van der Waals surface area contributed by atoms with Crippen molar-refractivity contribution in [3.05, 3.63) is 0 Å². The van der Waals surface area contributed by atoms with Crippen LogP contribution in [0.5, 0.6) is 0 Å². The number of aliphatic hydroxyl groups excluding tert-OH is 1. The lowest BCUT2D eigenvalue weighted by atomic mass is 10.0. The van der Waals surface area contributed by atoms with E-state index in [0.29, 0.717) is 13.0 Å². The Kier molecular flexibility index (Phi) is 2.86. The minimum absolute atomic E-state index is 0.130. The zero-order chi connectivity index (χ0) is 12.8. The summed E-state index contributed by atoms with van der Waals surface area (Å²) in [5.41, 5.74) is -0.424. The Hall–Kier alpha value is -0.810. The largest absolute Gasteiger partial charge is 0.444 e. The van der Waals surface area contributed by atoms with E-state index in [0.717, 1.165) is 12.8 Å². The monoisotopic (exact) mass is 243 g/mol. The molecule has 1 saturated carbocycles. The lowest BCUT2D eigenvalue weighted by molar-refractivity contribution is -0.0914. The predicted octanol–water partition coefficient (Wildman–Crippen LogP) is 1.09. The third kappa shape index (κ3) is 2.72. The molecule has 1 aliphatic heterocycles. The summed E-state index contributed by atoms with van der Waals surface area (Å²) in [6, 6.07) is -0.521. The van der Waals surface area contributed by atoms with E-state index in [4.69, 9.17) is 4.74 Å². The molecule has 5 heteroatoms. The van der Waals surface area contributed by atoms with Gasteiger partial charge >= 0.3 is 6.09 Å². The van der Waals surface area contributed by atoms with Gasteiger partial charge in [0.05, 0.1) is 6.04 Å². The highest BCUT2D eigenvalue weighted by molar-refractivity contribution is 5.69. The molecule has 0 bridgehead atoms. The van der Waals surface area contributed by atoms with E-state index in [9.17, 15) is 15.0 Å². The van der Waals surface area contributed by atoms with Gasteiger partial charge in [-0.3, -0.25) is 4.90 Å². The van der Waals surface area contributed by atoms with Crippen molar-refractivity contribution in [1.29, 1.82) is 0 Å². The first-order chi connectivity index (χ1) is 7.72. The zero-order valence-corrected chi connectivity index (χ0v) is 10.6. The van der Waals surface area contributed by atoms with Gasteiger partial charge in [-0.05, 0) is 45.4 Å². The van der Waals surface area contributed by atoms with Crippen molar-refractivity contribution in [2.45, 2.75) is 58.0 Å². The first-order valence-corrected chi connectivity index (χ1v) is 6.08. The molecule has 1 atom stereocenters. The average Bonchev–Trinajstić information content (AvgIpc) is 2.73. The normalized spacial score (nSPS) is 26.7. The molecular weight excluding hydrogens is 222 g/mol. The van der Waals surface area contributed by atoms with E-state index in [2.05, 4.69) is 0 Å². The molecular formula is C12H21NO4. The minimum atomic E-state index is -1.48. The number of rotatable bonds is 1. The van der Waals surface area contributed by atoms with E-state index < -0.39 is 24.0 Å². The van der Waals surface area contributed by atoms with Crippen molar-refractivity contribution < 1.29 is 19.7 Å². The van der Waals surface area contributed by atoms with Gasteiger partial charge in [0, 0.05) is 6.54 Å². The summed E-state index contributed by atoms with van der Waals surface area (Å²) in [5.74, 6) is 0. The van der Waals surface area contributed by atoms with Gasteiger partial charge in [0.1, 0.15) is 5.60 Å². The van der Waals surface area contributed by atoms with E-state index in [1.54, 1.807) is 20.8 Å². The van der Waals surface area contributed by atoms with Gasteiger partial charge in [-0.1, -0.05) is 0 Å². The number of aliphatic hydroxyl groups is 2. The number of carbonyl (C=O) groups is 1. The third-order valence-electron chi connectivity index (χ3n) is 3.48. The van der Waals surface area contributed by atoms with Crippen molar-refractivity contribution in [2.24, 2.45) is 5.41 Å².